The van der Waals surface area contributed by atoms with E-state index in [2.05, 4.69) is 9.80 Å². The summed E-state index contributed by atoms with van der Waals surface area (Å²) in [5.41, 5.74) is 0.479. The van der Waals surface area contributed by atoms with E-state index in [1.807, 2.05) is 0 Å². The van der Waals surface area contributed by atoms with E-state index in [4.69, 9.17) is 4.74 Å². The van der Waals surface area contributed by atoms with Crippen LogP contribution in [0.15, 0.2) is 29.2 Å². The van der Waals surface area contributed by atoms with Crippen molar-refractivity contribution in [3.63, 3.8) is 0 Å². The van der Waals surface area contributed by atoms with Gasteiger partial charge in [-0.3, -0.25) is 9.69 Å². The number of rotatable bonds is 8. The van der Waals surface area contributed by atoms with E-state index >= 15 is 0 Å². The Morgan fingerprint density at radius 1 is 0.909 bits per heavy atom. The number of ether oxygens (including phenoxy) is 1. The third kappa shape index (κ3) is 6.85. The molecule has 0 N–H and O–H groups in total. The van der Waals surface area contributed by atoms with Gasteiger partial charge in [0.2, 0.25) is 10.0 Å². The maximum atomic E-state index is 12.9. The van der Waals surface area contributed by atoms with Crippen LogP contribution >= 0.6 is 0 Å². The number of likely N-dealkylation sites (tertiary alicyclic amines) is 2. The minimum atomic E-state index is -3.59. The number of hydrogen-bond acceptors (Lipinski definition) is 6. The van der Waals surface area contributed by atoms with Crippen LogP contribution in [0.2, 0.25) is 0 Å². The quantitative estimate of drug-likeness (QED) is 0.537. The van der Waals surface area contributed by atoms with Crippen molar-refractivity contribution in [1.29, 1.82) is 0 Å². The smallest absolute Gasteiger partial charge is 0.243 e. The molecule has 0 amide bonds. The minimum Gasteiger partial charge on any atom is -0.379 e. The number of hydrogen-bond donors (Lipinski definition) is 0. The number of nitrogens with zero attached hydrogens (tertiary/aromatic N) is 3. The molecule has 0 bridgehead atoms. The number of carbonyl (C=O) groups excluding carboxylic acids is 1. The Morgan fingerprint density at radius 3 is 2.30 bits per heavy atom. The van der Waals surface area contributed by atoms with E-state index in [-0.39, 0.29) is 10.7 Å². The van der Waals surface area contributed by atoms with E-state index in [0.717, 1.165) is 31.8 Å². The third-order valence-corrected chi connectivity index (χ3v) is 9.29. The van der Waals surface area contributed by atoms with Gasteiger partial charge in [0, 0.05) is 18.7 Å². The Labute approximate surface area is 199 Å². The maximum Gasteiger partial charge on any atom is 0.243 e. The normalized spacial score (nSPS) is 22.8. The SMILES string of the molecule is O=C(CN1CCC(CCN2CCCCCC2)CC1)c1cccc(S(=O)(=O)N2CCOCC2)c1. The lowest BCUT2D eigenvalue weighted by molar-refractivity contribution is 0.0730. The summed E-state index contributed by atoms with van der Waals surface area (Å²) >= 11 is 0. The highest BCUT2D eigenvalue weighted by molar-refractivity contribution is 7.89. The highest BCUT2D eigenvalue weighted by atomic mass is 32.2. The highest BCUT2D eigenvalue weighted by Crippen LogP contribution is 2.23. The second kappa shape index (κ2) is 11.9. The number of sulfonamides is 1. The van der Waals surface area contributed by atoms with Crippen LogP contribution < -0.4 is 0 Å². The molecule has 0 radical (unpaired) electrons. The van der Waals surface area contributed by atoms with Crippen molar-refractivity contribution >= 4 is 15.8 Å². The number of carbonyl (C=O) groups is 1. The Bertz CT molecular complexity index is 869. The largest absolute Gasteiger partial charge is 0.379 e. The van der Waals surface area contributed by atoms with Crippen molar-refractivity contribution in [3.05, 3.63) is 29.8 Å². The molecular formula is C25H39N3O4S. The molecule has 3 fully saturated rings. The fraction of sp³-hybridized carbons (Fsp3) is 0.720. The van der Waals surface area contributed by atoms with Crippen molar-refractivity contribution in [1.82, 2.24) is 14.1 Å². The third-order valence-electron chi connectivity index (χ3n) is 7.39. The molecule has 0 atom stereocenters. The summed E-state index contributed by atoms with van der Waals surface area (Å²) in [4.78, 5) is 18.0. The van der Waals surface area contributed by atoms with Crippen molar-refractivity contribution in [2.45, 2.75) is 49.8 Å². The van der Waals surface area contributed by atoms with Crippen LogP contribution in [0.1, 0.15) is 55.3 Å². The molecule has 8 heteroatoms. The molecule has 0 aliphatic carbocycles. The highest BCUT2D eigenvalue weighted by Gasteiger charge is 2.27. The standard InChI is InChI=1S/C25H39N3O4S/c29-25(23-6-5-7-24(20-23)33(30,31)28-16-18-32-19-17-28)21-27-14-9-22(10-15-27)8-13-26-11-3-1-2-4-12-26/h5-7,20,22H,1-4,8-19,21H2. The molecule has 33 heavy (non-hydrogen) atoms. The predicted octanol–water partition coefficient (Wildman–Crippen LogP) is 2.87. The van der Waals surface area contributed by atoms with Gasteiger partial charge in [-0.25, -0.2) is 8.42 Å². The van der Waals surface area contributed by atoms with Gasteiger partial charge in [0.1, 0.15) is 0 Å². The summed E-state index contributed by atoms with van der Waals surface area (Å²) < 4.78 is 32.6. The van der Waals surface area contributed by atoms with E-state index in [9.17, 15) is 13.2 Å². The molecule has 3 aliphatic heterocycles. The first-order valence-corrected chi connectivity index (χ1v) is 14.1. The van der Waals surface area contributed by atoms with E-state index in [1.54, 1.807) is 24.3 Å². The van der Waals surface area contributed by atoms with Gasteiger partial charge < -0.3 is 9.64 Å². The topological polar surface area (TPSA) is 70.2 Å². The molecule has 3 heterocycles. The number of benzene rings is 1. The van der Waals surface area contributed by atoms with Crippen LogP contribution in [0.5, 0.6) is 0 Å². The fourth-order valence-corrected chi connectivity index (χ4v) is 6.67. The first kappa shape index (κ1) is 24.8. The van der Waals surface area contributed by atoms with Crippen molar-refractivity contribution < 1.29 is 17.9 Å². The Morgan fingerprint density at radius 2 is 1.61 bits per heavy atom. The van der Waals surface area contributed by atoms with Crippen LogP contribution in [0.3, 0.4) is 0 Å². The van der Waals surface area contributed by atoms with Crippen LogP contribution in [0.4, 0.5) is 0 Å². The summed E-state index contributed by atoms with van der Waals surface area (Å²) in [7, 11) is -3.59. The maximum absolute atomic E-state index is 12.9. The van der Waals surface area contributed by atoms with Gasteiger partial charge in [0.05, 0.1) is 24.7 Å². The molecule has 0 aromatic heterocycles. The zero-order valence-electron chi connectivity index (χ0n) is 19.8. The molecule has 184 valence electrons. The molecule has 3 aliphatic rings. The van der Waals surface area contributed by atoms with Crippen LogP contribution in [-0.2, 0) is 14.8 Å². The van der Waals surface area contributed by atoms with Crippen LogP contribution in [0, 0.1) is 5.92 Å². The van der Waals surface area contributed by atoms with E-state index in [0.29, 0.717) is 38.4 Å². The number of morpholine rings is 1. The first-order valence-electron chi connectivity index (χ1n) is 12.7. The number of Topliss-reactive ketones (excluding diaryl/α,β-unsaturated/α-hetero) is 1. The minimum absolute atomic E-state index is 0.00274. The molecule has 4 rings (SSSR count). The molecule has 0 unspecified atom stereocenters. The Kier molecular flexibility index (Phi) is 8.93. The van der Waals surface area contributed by atoms with Crippen LogP contribution in [0.25, 0.3) is 0 Å². The van der Waals surface area contributed by atoms with E-state index < -0.39 is 10.0 Å². The number of piperidine rings is 1. The van der Waals surface area contributed by atoms with Gasteiger partial charge in [0.25, 0.3) is 0 Å². The summed E-state index contributed by atoms with van der Waals surface area (Å²) in [6.45, 7) is 7.51. The summed E-state index contributed by atoms with van der Waals surface area (Å²) in [6, 6.07) is 6.53. The van der Waals surface area contributed by atoms with Crippen molar-refractivity contribution in [2.75, 3.05) is 65.6 Å². The molecule has 1 aromatic rings. The van der Waals surface area contributed by atoms with Gasteiger partial charge in [-0.05, 0) is 82.9 Å². The lowest BCUT2D eigenvalue weighted by Gasteiger charge is -2.32. The van der Waals surface area contributed by atoms with Gasteiger partial charge in [0.15, 0.2) is 5.78 Å². The Balaban J connectivity index is 1.25. The molecule has 0 spiro atoms. The molecule has 3 saturated heterocycles. The molecular weight excluding hydrogens is 438 g/mol. The van der Waals surface area contributed by atoms with Gasteiger partial charge in [-0.2, -0.15) is 4.31 Å². The second-order valence-corrected chi connectivity index (χ2v) is 11.7. The zero-order chi connectivity index (χ0) is 23.1. The summed E-state index contributed by atoms with van der Waals surface area (Å²) in [5.74, 6) is 0.749. The number of ketones is 1. The fourth-order valence-electron chi connectivity index (χ4n) is 5.22. The van der Waals surface area contributed by atoms with Crippen molar-refractivity contribution in [3.8, 4) is 0 Å². The average molecular weight is 478 g/mol. The first-order chi connectivity index (χ1) is 16.0. The predicted molar refractivity (Wildman–Crippen MR) is 129 cm³/mol. The average Bonchev–Trinajstić information content (AvgIpc) is 3.13. The van der Waals surface area contributed by atoms with Crippen molar-refractivity contribution in [2.24, 2.45) is 5.92 Å². The Hall–Kier alpha value is -1.32. The lowest BCUT2D eigenvalue weighted by Crippen LogP contribution is -2.40. The lowest BCUT2D eigenvalue weighted by atomic mass is 9.93. The zero-order valence-corrected chi connectivity index (χ0v) is 20.6. The van der Waals surface area contributed by atoms with Gasteiger partial charge in [-0.1, -0.05) is 25.0 Å². The summed E-state index contributed by atoms with van der Waals surface area (Å²) in [6.07, 6.45) is 9.00. The molecule has 0 saturated carbocycles. The van der Waals surface area contributed by atoms with Gasteiger partial charge >= 0.3 is 0 Å². The molecule has 1 aromatic carbocycles. The molecule has 7 nitrogen and oxygen atoms in total. The second-order valence-electron chi connectivity index (χ2n) is 9.73. The monoisotopic (exact) mass is 477 g/mol. The van der Waals surface area contributed by atoms with E-state index in [1.165, 1.54) is 56.0 Å². The van der Waals surface area contributed by atoms with Gasteiger partial charge in [-0.15, -0.1) is 0 Å². The van der Waals surface area contributed by atoms with Crippen LogP contribution in [-0.4, -0.2) is 93.9 Å². The summed E-state index contributed by atoms with van der Waals surface area (Å²) in [5, 5.41) is 0.